The summed E-state index contributed by atoms with van der Waals surface area (Å²) in [5.41, 5.74) is 5.30. The van der Waals surface area contributed by atoms with Crippen LogP contribution in [0.3, 0.4) is 0 Å². The summed E-state index contributed by atoms with van der Waals surface area (Å²) in [6.45, 7) is 9.07. The summed E-state index contributed by atoms with van der Waals surface area (Å²) < 4.78 is 11.2. The van der Waals surface area contributed by atoms with E-state index in [9.17, 15) is 10.1 Å². The van der Waals surface area contributed by atoms with E-state index in [-0.39, 0.29) is 31.2 Å². The number of carbonyl (C=O) groups excluding carboxylic acids is 1. The second-order valence-corrected chi connectivity index (χ2v) is 9.32. The number of carbonyl (C=O) groups is 1. The molecule has 1 atom stereocenters. The van der Waals surface area contributed by atoms with Crippen molar-refractivity contribution in [2.75, 3.05) is 19.7 Å². The van der Waals surface area contributed by atoms with Gasteiger partial charge in [0.05, 0.1) is 24.8 Å². The number of aliphatic hydroxyl groups excluding tert-OH is 1. The minimum Gasteiger partial charge on any atom is -0.490 e. The lowest BCUT2D eigenvalue weighted by Crippen LogP contribution is -2.44. The third kappa shape index (κ3) is 5.40. The Bertz CT molecular complexity index is 1290. The van der Waals surface area contributed by atoms with Crippen LogP contribution in [0.5, 0.6) is 5.75 Å². The van der Waals surface area contributed by atoms with Gasteiger partial charge in [-0.3, -0.25) is 4.79 Å². The van der Waals surface area contributed by atoms with Gasteiger partial charge in [-0.2, -0.15) is 10.2 Å². The Morgan fingerprint density at radius 1 is 1.31 bits per heavy atom. The lowest BCUT2D eigenvalue weighted by molar-refractivity contribution is -0.131. The van der Waals surface area contributed by atoms with E-state index in [1.165, 1.54) is 5.56 Å². The smallest absolute Gasteiger partial charge is 0.258 e. The Labute approximate surface area is 210 Å². The Morgan fingerprint density at radius 2 is 2.11 bits per heavy atom. The summed E-state index contributed by atoms with van der Waals surface area (Å²) in [6, 6.07) is 11.3. The second kappa shape index (κ2) is 10.9. The number of aliphatic hydroxyl groups is 1. The number of benzene rings is 2. The van der Waals surface area contributed by atoms with Gasteiger partial charge in [-0.05, 0) is 69.0 Å². The van der Waals surface area contributed by atoms with Crippen molar-refractivity contribution in [1.82, 2.24) is 20.4 Å². The van der Waals surface area contributed by atoms with E-state index in [1.54, 1.807) is 18.2 Å². The normalized spacial score (nSPS) is 13.9. The first-order valence-electron chi connectivity index (χ1n) is 12.1. The molecule has 36 heavy (non-hydrogen) atoms. The van der Waals surface area contributed by atoms with E-state index in [4.69, 9.17) is 14.4 Å². The highest BCUT2D eigenvalue weighted by Gasteiger charge is 2.24. The fourth-order valence-electron chi connectivity index (χ4n) is 4.29. The number of nitrogens with zero attached hydrogens (tertiary/aromatic N) is 4. The van der Waals surface area contributed by atoms with Crippen molar-refractivity contribution in [1.29, 1.82) is 5.26 Å². The molecule has 2 heterocycles. The van der Waals surface area contributed by atoms with Crippen LogP contribution in [0, 0.1) is 18.3 Å². The minimum absolute atomic E-state index is 0.00672. The highest BCUT2D eigenvalue weighted by Crippen LogP contribution is 2.32. The van der Waals surface area contributed by atoms with E-state index in [0.29, 0.717) is 41.7 Å². The molecule has 0 spiro atoms. The molecule has 0 radical (unpaired) electrons. The number of amides is 1. The molecule has 0 bridgehead atoms. The van der Waals surface area contributed by atoms with Crippen LogP contribution in [0.2, 0.25) is 0 Å². The van der Waals surface area contributed by atoms with E-state index in [2.05, 4.69) is 21.5 Å². The maximum absolute atomic E-state index is 12.6. The molecule has 3 aromatic rings. The molecule has 9 heteroatoms. The van der Waals surface area contributed by atoms with Gasteiger partial charge in [0.15, 0.2) is 0 Å². The fraction of sp³-hybridized carbons (Fsp3) is 0.407. The van der Waals surface area contributed by atoms with Gasteiger partial charge in [0.2, 0.25) is 11.7 Å². The summed E-state index contributed by atoms with van der Waals surface area (Å²) in [5, 5.41) is 25.9. The van der Waals surface area contributed by atoms with Gasteiger partial charge in [0.25, 0.3) is 5.89 Å². The minimum atomic E-state index is -0.117. The topological polar surface area (TPSA) is 125 Å². The molecule has 1 amide bonds. The van der Waals surface area contributed by atoms with Crippen LogP contribution in [-0.4, -0.2) is 57.9 Å². The molecule has 1 unspecified atom stereocenters. The second-order valence-electron chi connectivity index (χ2n) is 9.32. The molecule has 0 aliphatic carbocycles. The van der Waals surface area contributed by atoms with E-state index < -0.39 is 0 Å². The van der Waals surface area contributed by atoms with Gasteiger partial charge in [0.1, 0.15) is 11.8 Å². The average Bonchev–Trinajstić information content (AvgIpc) is 3.37. The predicted molar refractivity (Wildman–Crippen MR) is 134 cm³/mol. The monoisotopic (exact) mass is 489 g/mol. The van der Waals surface area contributed by atoms with Gasteiger partial charge in [-0.1, -0.05) is 17.3 Å². The molecule has 0 saturated carbocycles. The van der Waals surface area contributed by atoms with Gasteiger partial charge in [-0.15, -0.1) is 0 Å². The molecule has 188 valence electrons. The number of nitrogens with one attached hydrogen (secondary N) is 1. The molecule has 1 aliphatic heterocycles. The molecule has 9 nitrogen and oxygen atoms in total. The van der Waals surface area contributed by atoms with Crippen LogP contribution in [0.15, 0.2) is 34.9 Å². The average molecular weight is 490 g/mol. The summed E-state index contributed by atoms with van der Waals surface area (Å²) >= 11 is 0. The number of ether oxygens (including phenoxy) is 1. The zero-order chi connectivity index (χ0) is 25.8. The van der Waals surface area contributed by atoms with Crippen LogP contribution >= 0.6 is 0 Å². The Hall–Kier alpha value is -3.74. The molecule has 4 rings (SSSR count). The summed E-state index contributed by atoms with van der Waals surface area (Å²) in [5.74, 6) is 1.35. The molecular weight excluding hydrogens is 458 g/mol. The van der Waals surface area contributed by atoms with Gasteiger partial charge < -0.3 is 24.6 Å². The Morgan fingerprint density at radius 3 is 2.83 bits per heavy atom. The Balaban J connectivity index is 1.53. The predicted octanol–water partition coefficient (Wildman–Crippen LogP) is 3.23. The number of nitriles is 1. The van der Waals surface area contributed by atoms with Gasteiger partial charge >= 0.3 is 0 Å². The van der Waals surface area contributed by atoms with Crippen molar-refractivity contribution in [3.05, 3.63) is 52.6 Å². The first-order chi connectivity index (χ1) is 17.3. The lowest BCUT2D eigenvalue weighted by atomic mass is 9.91. The molecule has 2 aromatic carbocycles. The molecule has 0 fully saturated rings. The molecule has 1 aromatic heterocycles. The Kier molecular flexibility index (Phi) is 7.67. The van der Waals surface area contributed by atoms with Crippen molar-refractivity contribution in [3.63, 3.8) is 0 Å². The van der Waals surface area contributed by atoms with Crippen molar-refractivity contribution in [2.24, 2.45) is 0 Å². The van der Waals surface area contributed by atoms with E-state index in [1.807, 2.05) is 44.7 Å². The van der Waals surface area contributed by atoms with Crippen LogP contribution in [0.1, 0.15) is 43.0 Å². The number of hydrogen-bond acceptors (Lipinski definition) is 8. The lowest BCUT2D eigenvalue weighted by Gasteiger charge is -2.30. The quantitative estimate of drug-likeness (QED) is 0.494. The SMILES string of the molecule is Cc1c(-c2noc(-c3ccc(OC(C)C)c(C#N)c3)n2)ccc2c1CCN(C(=O)CNC(C)CO)C2. The van der Waals surface area contributed by atoms with Crippen molar-refractivity contribution in [2.45, 2.75) is 52.8 Å². The number of fused-ring (bicyclic) bond motifs is 1. The van der Waals surface area contributed by atoms with Crippen LogP contribution in [-0.2, 0) is 17.8 Å². The molecule has 1 aliphatic rings. The summed E-state index contributed by atoms with van der Waals surface area (Å²) in [6.07, 6.45) is 0.700. The first-order valence-corrected chi connectivity index (χ1v) is 12.1. The highest BCUT2D eigenvalue weighted by molar-refractivity contribution is 5.79. The van der Waals surface area contributed by atoms with Gasteiger partial charge in [0, 0.05) is 30.3 Å². The van der Waals surface area contributed by atoms with E-state index in [0.717, 1.165) is 23.1 Å². The van der Waals surface area contributed by atoms with Gasteiger partial charge in [-0.25, -0.2) is 0 Å². The number of aromatic nitrogens is 2. The van der Waals surface area contributed by atoms with Crippen LogP contribution in [0.4, 0.5) is 0 Å². The standard InChI is InChI=1S/C27H31N5O4/c1-16(2)35-24-8-6-19(11-21(24)12-28)27-30-26(31-36-27)23-7-5-20-14-32(10-9-22(20)18(23)4)25(34)13-29-17(3)15-33/h5-8,11,16-17,29,33H,9-10,13-15H2,1-4H3. The van der Waals surface area contributed by atoms with Crippen LogP contribution in [0.25, 0.3) is 22.8 Å². The fourth-order valence-corrected chi connectivity index (χ4v) is 4.29. The first kappa shape index (κ1) is 25.4. The van der Waals surface area contributed by atoms with Crippen molar-refractivity contribution in [3.8, 4) is 34.7 Å². The zero-order valence-electron chi connectivity index (χ0n) is 21.0. The summed E-state index contributed by atoms with van der Waals surface area (Å²) in [7, 11) is 0. The number of rotatable bonds is 8. The molecule has 0 saturated heterocycles. The van der Waals surface area contributed by atoms with Crippen LogP contribution < -0.4 is 10.1 Å². The van der Waals surface area contributed by atoms with Crippen molar-refractivity contribution < 1.29 is 19.2 Å². The third-order valence-electron chi connectivity index (χ3n) is 6.29. The van der Waals surface area contributed by atoms with Crippen molar-refractivity contribution >= 4 is 5.91 Å². The maximum Gasteiger partial charge on any atom is 0.258 e. The highest BCUT2D eigenvalue weighted by atomic mass is 16.5. The number of hydrogen-bond donors (Lipinski definition) is 2. The van der Waals surface area contributed by atoms with E-state index >= 15 is 0 Å². The third-order valence-corrected chi connectivity index (χ3v) is 6.29. The maximum atomic E-state index is 12.6. The zero-order valence-corrected chi connectivity index (χ0v) is 21.0. The molecular formula is C27H31N5O4. The molecule has 2 N–H and O–H groups in total. The summed E-state index contributed by atoms with van der Waals surface area (Å²) in [4.78, 5) is 19.0. The largest absolute Gasteiger partial charge is 0.490 e.